The first-order valence-corrected chi connectivity index (χ1v) is 8.97. The zero-order valence-electron chi connectivity index (χ0n) is 14.0. The molecule has 1 aromatic carbocycles. The maximum atomic E-state index is 13.0. The van der Waals surface area contributed by atoms with Crippen molar-refractivity contribution >= 4 is 23.2 Å². The topological polar surface area (TPSA) is 54.3 Å². The summed E-state index contributed by atoms with van der Waals surface area (Å²) in [6.07, 6.45) is 1.02. The van der Waals surface area contributed by atoms with Gasteiger partial charge in [0.1, 0.15) is 5.82 Å². The summed E-state index contributed by atoms with van der Waals surface area (Å²) in [5.74, 6) is -0.191. The molecule has 1 amide bonds. The SMILES string of the molecule is O=C(NC(=S)N1C[C@@H]2C[C@@H](C1)c1cccc(=O)n1C2)c1ccc(F)cc1. The van der Waals surface area contributed by atoms with Gasteiger partial charge in [0.25, 0.3) is 11.5 Å². The van der Waals surface area contributed by atoms with E-state index >= 15 is 0 Å². The van der Waals surface area contributed by atoms with Crippen LogP contribution in [0.5, 0.6) is 0 Å². The van der Waals surface area contributed by atoms with Crippen LogP contribution in [-0.4, -0.2) is 33.6 Å². The Balaban J connectivity index is 1.48. The van der Waals surface area contributed by atoms with Gasteiger partial charge in [-0.05, 0) is 54.9 Å². The number of aromatic nitrogens is 1. The van der Waals surface area contributed by atoms with Gasteiger partial charge in [-0.15, -0.1) is 0 Å². The van der Waals surface area contributed by atoms with Crippen LogP contribution < -0.4 is 10.9 Å². The molecule has 7 heteroatoms. The first-order chi connectivity index (χ1) is 12.5. The van der Waals surface area contributed by atoms with Crippen LogP contribution in [0.4, 0.5) is 4.39 Å². The number of carbonyl (C=O) groups excluding carboxylic acids is 1. The Hall–Kier alpha value is -2.54. The number of piperidine rings is 1. The minimum Gasteiger partial charge on any atom is -0.348 e. The highest BCUT2D eigenvalue weighted by Crippen LogP contribution is 2.34. The molecule has 2 aliphatic rings. The van der Waals surface area contributed by atoms with Gasteiger partial charge in [0.15, 0.2) is 5.11 Å². The smallest absolute Gasteiger partial charge is 0.257 e. The number of nitrogens with one attached hydrogen (secondary N) is 1. The molecule has 2 aliphatic heterocycles. The molecule has 5 nitrogen and oxygen atoms in total. The van der Waals surface area contributed by atoms with E-state index in [1.54, 1.807) is 12.1 Å². The van der Waals surface area contributed by atoms with Crippen molar-refractivity contribution in [1.82, 2.24) is 14.8 Å². The molecule has 0 radical (unpaired) electrons. The van der Waals surface area contributed by atoms with E-state index in [1.807, 2.05) is 15.5 Å². The van der Waals surface area contributed by atoms with E-state index in [0.717, 1.165) is 12.1 Å². The van der Waals surface area contributed by atoms with Gasteiger partial charge in [-0.1, -0.05) is 6.07 Å². The van der Waals surface area contributed by atoms with Crippen molar-refractivity contribution in [3.8, 4) is 0 Å². The molecule has 2 atom stereocenters. The Labute approximate surface area is 155 Å². The molecule has 4 rings (SSSR count). The van der Waals surface area contributed by atoms with Crippen LogP contribution in [0.25, 0.3) is 0 Å². The minimum absolute atomic E-state index is 0.0397. The van der Waals surface area contributed by atoms with Gasteiger partial charge in [-0.25, -0.2) is 4.39 Å². The standard InChI is InChI=1S/C19H18FN3O2S/c20-15-6-4-13(5-7-15)18(25)21-19(26)22-9-12-8-14(11-22)16-2-1-3-17(24)23(16)10-12/h1-7,12,14H,8-11H2,(H,21,25,26)/t12-,14-/m0/s1. The molecule has 0 aliphatic carbocycles. The van der Waals surface area contributed by atoms with E-state index in [9.17, 15) is 14.0 Å². The number of pyridine rings is 1. The number of nitrogens with zero attached hydrogens (tertiary/aromatic N) is 2. The fourth-order valence-electron chi connectivity index (χ4n) is 3.91. The summed E-state index contributed by atoms with van der Waals surface area (Å²) in [7, 11) is 0. The number of benzene rings is 1. The number of rotatable bonds is 1. The highest BCUT2D eigenvalue weighted by atomic mass is 32.1. The van der Waals surface area contributed by atoms with E-state index in [1.165, 1.54) is 24.3 Å². The molecule has 2 bridgehead atoms. The number of thiocarbonyl (C=S) groups is 1. The van der Waals surface area contributed by atoms with Crippen LogP contribution in [-0.2, 0) is 6.54 Å². The van der Waals surface area contributed by atoms with Crippen molar-refractivity contribution < 1.29 is 9.18 Å². The van der Waals surface area contributed by atoms with E-state index in [2.05, 4.69) is 5.32 Å². The number of halogens is 1. The predicted molar refractivity (Wildman–Crippen MR) is 99.6 cm³/mol. The van der Waals surface area contributed by atoms with Crippen molar-refractivity contribution in [2.75, 3.05) is 13.1 Å². The van der Waals surface area contributed by atoms with Crippen molar-refractivity contribution in [3.63, 3.8) is 0 Å². The molecule has 0 unspecified atom stereocenters. The van der Waals surface area contributed by atoms with E-state index < -0.39 is 0 Å². The van der Waals surface area contributed by atoms with E-state index in [0.29, 0.717) is 36.2 Å². The van der Waals surface area contributed by atoms with Crippen LogP contribution in [0, 0.1) is 11.7 Å². The predicted octanol–water partition coefficient (Wildman–Crippen LogP) is 2.12. The molecule has 1 aromatic heterocycles. The molecule has 134 valence electrons. The van der Waals surface area contributed by atoms with Crippen LogP contribution in [0.3, 0.4) is 0 Å². The van der Waals surface area contributed by atoms with Gasteiger partial charge < -0.3 is 9.47 Å². The molecule has 1 N–H and O–H groups in total. The zero-order chi connectivity index (χ0) is 18.3. The second-order valence-electron chi connectivity index (χ2n) is 6.87. The van der Waals surface area contributed by atoms with E-state index in [-0.39, 0.29) is 23.2 Å². The third kappa shape index (κ3) is 3.14. The molecule has 0 spiro atoms. The average molecular weight is 371 g/mol. The molecule has 1 saturated heterocycles. The normalized spacial score (nSPS) is 21.0. The van der Waals surface area contributed by atoms with Gasteiger partial charge in [0.2, 0.25) is 0 Å². The fourth-order valence-corrected chi connectivity index (χ4v) is 4.15. The molecule has 0 saturated carbocycles. The lowest BCUT2D eigenvalue weighted by Gasteiger charge is -2.43. The summed E-state index contributed by atoms with van der Waals surface area (Å²) >= 11 is 5.43. The second kappa shape index (κ2) is 6.64. The average Bonchev–Trinajstić information content (AvgIpc) is 2.63. The summed E-state index contributed by atoms with van der Waals surface area (Å²) in [6, 6.07) is 10.7. The number of amides is 1. The Bertz CT molecular complexity index is 925. The first-order valence-electron chi connectivity index (χ1n) is 8.57. The lowest BCUT2D eigenvalue weighted by molar-refractivity contribution is 0.0968. The number of hydrogen-bond acceptors (Lipinski definition) is 3. The first kappa shape index (κ1) is 16.9. The molecule has 3 heterocycles. The van der Waals surface area contributed by atoms with Crippen LogP contribution in [0.15, 0.2) is 47.3 Å². The van der Waals surface area contributed by atoms with E-state index in [4.69, 9.17) is 12.2 Å². The van der Waals surface area contributed by atoms with Crippen LogP contribution in [0.2, 0.25) is 0 Å². The van der Waals surface area contributed by atoms with Gasteiger partial charge in [0, 0.05) is 42.9 Å². The minimum atomic E-state index is -0.387. The second-order valence-corrected chi connectivity index (χ2v) is 7.26. The summed E-state index contributed by atoms with van der Waals surface area (Å²) < 4.78 is 14.9. The number of fused-ring (bicyclic) bond motifs is 4. The monoisotopic (exact) mass is 371 g/mol. The highest BCUT2D eigenvalue weighted by molar-refractivity contribution is 7.80. The third-order valence-corrected chi connectivity index (χ3v) is 5.45. The lowest BCUT2D eigenvalue weighted by Crippen LogP contribution is -2.52. The van der Waals surface area contributed by atoms with Crippen molar-refractivity contribution in [2.24, 2.45) is 5.92 Å². The molecular weight excluding hydrogens is 353 g/mol. The van der Waals surface area contributed by atoms with Crippen LogP contribution in [0.1, 0.15) is 28.4 Å². The quantitative estimate of drug-likeness (QED) is 0.781. The van der Waals surface area contributed by atoms with Gasteiger partial charge in [-0.2, -0.15) is 0 Å². The Morgan fingerprint density at radius 2 is 1.88 bits per heavy atom. The lowest BCUT2D eigenvalue weighted by atomic mass is 9.83. The largest absolute Gasteiger partial charge is 0.348 e. The molecule has 26 heavy (non-hydrogen) atoms. The van der Waals surface area contributed by atoms with Gasteiger partial charge >= 0.3 is 0 Å². The Morgan fingerprint density at radius 3 is 2.65 bits per heavy atom. The summed E-state index contributed by atoms with van der Waals surface area (Å²) in [6.45, 7) is 2.05. The third-order valence-electron chi connectivity index (χ3n) is 5.09. The van der Waals surface area contributed by atoms with Gasteiger partial charge in [-0.3, -0.25) is 14.9 Å². The molecule has 2 aromatic rings. The number of likely N-dealkylation sites (tertiary alicyclic amines) is 1. The number of carbonyl (C=O) groups is 1. The number of hydrogen-bond donors (Lipinski definition) is 1. The maximum absolute atomic E-state index is 13.0. The van der Waals surface area contributed by atoms with Crippen molar-refractivity contribution in [2.45, 2.75) is 18.9 Å². The summed E-state index contributed by atoms with van der Waals surface area (Å²) in [4.78, 5) is 26.4. The summed E-state index contributed by atoms with van der Waals surface area (Å²) in [5.41, 5.74) is 1.44. The summed E-state index contributed by atoms with van der Waals surface area (Å²) in [5, 5.41) is 3.11. The highest BCUT2D eigenvalue weighted by Gasteiger charge is 2.35. The van der Waals surface area contributed by atoms with Crippen LogP contribution >= 0.6 is 12.2 Å². The van der Waals surface area contributed by atoms with Gasteiger partial charge in [0.05, 0.1) is 0 Å². The Kier molecular flexibility index (Phi) is 4.32. The van der Waals surface area contributed by atoms with Crippen molar-refractivity contribution in [1.29, 1.82) is 0 Å². The van der Waals surface area contributed by atoms with Crippen molar-refractivity contribution in [3.05, 3.63) is 69.9 Å². The molecular formula is C19H18FN3O2S. The molecule has 1 fully saturated rings. The zero-order valence-corrected chi connectivity index (χ0v) is 14.8. The Morgan fingerprint density at radius 1 is 1.12 bits per heavy atom. The fraction of sp³-hybridized carbons (Fsp3) is 0.316. The maximum Gasteiger partial charge on any atom is 0.257 e.